The van der Waals surface area contributed by atoms with Crippen molar-refractivity contribution >= 4 is 0 Å². The van der Waals surface area contributed by atoms with E-state index in [1.54, 1.807) is 0 Å². The van der Waals surface area contributed by atoms with Gasteiger partial charge < -0.3 is 5.11 Å². The zero-order chi connectivity index (χ0) is 11.8. The lowest BCUT2D eigenvalue weighted by molar-refractivity contribution is 0.283. The predicted octanol–water partition coefficient (Wildman–Crippen LogP) is 4.70. The van der Waals surface area contributed by atoms with Crippen molar-refractivity contribution in [2.24, 2.45) is 0 Å². The molecule has 1 heteroatoms. The molecule has 0 saturated carbocycles. The van der Waals surface area contributed by atoms with Gasteiger partial charge in [-0.2, -0.15) is 0 Å². The average Bonchev–Trinajstić information content (AvgIpc) is 2.26. The van der Waals surface area contributed by atoms with E-state index in [1.807, 2.05) is 6.08 Å². The molecule has 0 aromatic carbocycles. The number of rotatable bonds is 9. The van der Waals surface area contributed by atoms with E-state index in [-0.39, 0.29) is 0 Å². The van der Waals surface area contributed by atoms with Gasteiger partial charge in [0.15, 0.2) is 0 Å². The Kier molecular flexibility index (Phi) is 22.0. The van der Waals surface area contributed by atoms with E-state index in [2.05, 4.69) is 20.4 Å². The third kappa shape index (κ3) is 24.8. The summed E-state index contributed by atoms with van der Waals surface area (Å²) in [6.07, 6.45) is 13.3. The fourth-order valence-corrected chi connectivity index (χ4v) is 1.25. The van der Waals surface area contributed by atoms with Gasteiger partial charge in [-0.25, -0.2) is 0 Å². The molecular formula is C14H30O. The molecular weight excluding hydrogens is 184 g/mol. The average molecular weight is 214 g/mol. The smallest absolute Gasteiger partial charge is 0.0431 e. The minimum Gasteiger partial charge on any atom is -0.396 e. The van der Waals surface area contributed by atoms with E-state index in [0.717, 1.165) is 6.42 Å². The first-order valence-electron chi connectivity index (χ1n) is 6.55. The van der Waals surface area contributed by atoms with Crippen LogP contribution < -0.4 is 0 Å². The number of aliphatic hydroxyl groups is 1. The highest BCUT2D eigenvalue weighted by molar-refractivity contribution is 4.64. The van der Waals surface area contributed by atoms with Crippen LogP contribution in [0.3, 0.4) is 0 Å². The molecule has 0 rings (SSSR count). The number of hydrogen-bond donors (Lipinski definition) is 1. The Morgan fingerprint density at radius 1 is 0.867 bits per heavy atom. The SMILES string of the molecule is C=CCCCCCC.CCCCCCO. The molecule has 0 unspecified atom stereocenters. The van der Waals surface area contributed by atoms with Crippen LogP contribution >= 0.6 is 0 Å². The van der Waals surface area contributed by atoms with Crippen LogP contribution in [0.1, 0.15) is 71.6 Å². The number of unbranched alkanes of at least 4 members (excludes halogenated alkanes) is 7. The molecule has 1 N–H and O–H groups in total. The van der Waals surface area contributed by atoms with Gasteiger partial charge in [0.1, 0.15) is 0 Å². The highest BCUT2D eigenvalue weighted by Gasteiger charge is 1.81. The van der Waals surface area contributed by atoms with Crippen LogP contribution in [0.5, 0.6) is 0 Å². The number of aliphatic hydroxyl groups excluding tert-OH is 1. The maximum atomic E-state index is 8.29. The normalized spacial score (nSPS) is 9.27. The summed E-state index contributed by atoms with van der Waals surface area (Å²) in [6.45, 7) is 8.41. The lowest BCUT2D eigenvalue weighted by atomic mass is 10.2. The molecule has 0 atom stereocenters. The van der Waals surface area contributed by atoms with Crippen molar-refractivity contribution in [2.45, 2.75) is 71.6 Å². The summed E-state index contributed by atoms with van der Waals surface area (Å²) in [5.41, 5.74) is 0. The lowest BCUT2D eigenvalue weighted by Crippen LogP contribution is -1.80. The quantitative estimate of drug-likeness (QED) is 0.435. The third-order valence-corrected chi connectivity index (χ3v) is 2.27. The number of allylic oxidation sites excluding steroid dienone is 1. The maximum Gasteiger partial charge on any atom is 0.0431 e. The van der Waals surface area contributed by atoms with Gasteiger partial charge in [0.25, 0.3) is 0 Å². The van der Waals surface area contributed by atoms with Gasteiger partial charge in [0.2, 0.25) is 0 Å². The second-order valence-electron chi connectivity index (χ2n) is 3.92. The molecule has 0 amide bonds. The van der Waals surface area contributed by atoms with Gasteiger partial charge in [-0.05, 0) is 19.3 Å². The van der Waals surface area contributed by atoms with Crippen LogP contribution in [0.2, 0.25) is 0 Å². The van der Waals surface area contributed by atoms with Gasteiger partial charge in [0.05, 0.1) is 0 Å². The summed E-state index contributed by atoms with van der Waals surface area (Å²) < 4.78 is 0. The van der Waals surface area contributed by atoms with Crippen LogP contribution in [-0.4, -0.2) is 11.7 Å². The minimum absolute atomic E-state index is 0.361. The van der Waals surface area contributed by atoms with Crippen LogP contribution in [0.15, 0.2) is 12.7 Å². The largest absolute Gasteiger partial charge is 0.396 e. The molecule has 0 heterocycles. The van der Waals surface area contributed by atoms with Crippen molar-refractivity contribution in [1.29, 1.82) is 0 Å². The molecule has 0 aromatic rings. The van der Waals surface area contributed by atoms with E-state index in [1.165, 1.54) is 51.4 Å². The summed E-state index contributed by atoms with van der Waals surface area (Å²) in [7, 11) is 0. The first-order valence-corrected chi connectivity index (χ1v) is 6.55. The number of hydrogen-bond acceptors (Lipinski definition) is 1. The Morgan fingerprint density at radius 3 is 1.80 bits per heavy atom. The summed E-state index contributed by atoms with van der Waals surface area (Å²) in [4.78, 5) is 0. The van der Waals surface area contributed by atoms with Crippen molar-refractivity contribution in [3.05, 3.63) is 12.7 Å². The summed E-state index contributed by atoms with van der Waals surface area (Å²) >= 11 is 0. The van der Waals surface area contributed by atoms with Crippen molar-refractivity contribution < 1.29 is 5.11 Å². The van der Waals surface area contributed by atoms with Crippen molar-refractivity contribution in [3.63, 3.8) is 0 Å². The Balaban J connectivity index is 0. The highest BCUT2D eigenvalue weighted by Crippen LogP contribution is 2.01. The van der Waals surface area contributed by atoms with Gasteiger partial charge in [0, 0.05) is 6.61 Å². The Hall–Kier alpha value is -0.300. The van der Waals surface area contributed by atoms with Gasteiger partial charge in [-0.15, -0.1) is 6.58 Å². The van der Waals surface area contributed by atoms with Crippen LogP contribution in [-0.2, 0) is 0 Å². The fraction of sp³-hybridized carbons (Fsp3) is 0.857. The Morgan fingerprint density at radius 2 is 1.40 bits per heavy atom. The predicted molar refractivity (Wildman–Crippen MR) is 70.2 cm³/mol. The minimum atomic E-state index is 0.361. The maximum absolute atomic E-state index is 8.29. The van der Waals surface area contributed by atoms with E-state index < -0.39 is 0 Å². The molecule has 0 bridgehead atoms. The molecule has 0 aliphatic carbocycles. The summed E-state index contributed by atoms with van der Waals surface area (Å²) in [6, 6.07) is 0. The molecule has 0 aliphatic heterocycles. The van der Waals surface area contributed by atoms with Crippen LogP contribution in [0.4, 0.5) is 0 Å². The van der Waals surface area contributed by atoms with Gasteiger partial charge >= 0.3 is 0 Å². The highest BCUT2D eigenvalue weighted by atomic mass is 16.2. The van der Waals surface area contributed by atoms with Crippen LogP contribution in [0, 0.1) is 0 Å². The second-order valence-corrected chi connectivity index (χ2v) is 3.92. The summed E-state index contributed by atoms with van der Waals surface area (Å²) in [5, 5.41) is 8.29. The van der Waals surface area contributed by atoms with Crippen molar-refractivity contribution in [3.8, 4) is 0 Å². The topological polar surface area (TPSA) is 20.2 Å². The molecule has 0 aliphatic rings. The van der Waals surface area contributed by atoms with E-state index in [0.29, 0.717) is 6.61 Å². The zero-order valence-corrected chi connectivity index (χ0v) is 10.8. The molecule has 15 heavy (non-hydrogen) atoms. The Bertz CT molecular complexity index is 95.5. The molecule has 1 nitrogen and oxygen atoms in total. The van der Waals surface area contributed by atoms with Gasteiger partial charge in [-0.1, -0.05) is 58.4 Å². The van der Waals surface area contributed by atoms with E-state index in [4.69, 9.17) is 5.11 Å². The standard InChI is InChI=1S/C8H16.C6H14O/c1-3-5-7-8-6-4-2;1-2-3-4-5-6-7/h3H,1,4-8H2,2H3;7H,2-6H2,1H3. The van der Waals surface area contributed by atoms with Crippen molar-refractivity contribution in [1.82, 2.24) is 0 Å². The summed E-state index contributed by atoms with van der Waals surface area (Å²) in [5.74, 6) is 0. The molecule has 0 radical (unpaired) electrons. The molecule has 92 valence electrons. The molecule has 0 aromatic heterocycles. The zero-order valence-electron chi connectivity index (χ0n) is 10.8. The third-order valence-electron chi connectivity index (χ3n) is 2.27. The molecule has 0 fully saturated rings. The van der Waals surface area contributed by atoms with Crippen molar-refractivity contribution in [2.75, 3.05) is 6.61 Å². The van der Waals surface area contributed by atoms with Crippen LogP contribution in [0.25, 0.3) is 0 Å². The molecule has 0 spiro atoms. The van der Waals surface area contributed by atoms with E-state index in [9.17, 15) is 0 Å². The monoisotopic (exact) mass is 214 g/mol. The first-order chi connectivity index (χ1) is 7.33. The van der Waals surface area contributed by atoms with E-state index >= 15 is 0 Å². The fourth-order valence-electron chi connectivity index (χ4n) is 1.25. The Labute approximate surface area is 96.6 Å². The second kappa shape index (κ2) is 19.3. The molecule has 0 saturated heterocycles. The lowest BCUT2D eigenvalue weighted by Gasteiger charge is -1.91. The first kappa shape index (κ1) is 17.1. The van der Waals surface area contributed by atoms with Gasteiger partial charge in [-0.3, -0.25) is 0 Å².